The van der Waals surface area contributed by atoms with Gasteiger partial charge in [0, 0.05) is 19.2 Å². The van der Waals surface area contributed by atoms with E-state index < -0.39 is 10.0 Å². The van der Waals surface area contributed by atoms with E-state index in [0.717, 1.165) is 38.9 Å². The van der Waals surface area contributed by atoms with Gasteiger partial charge in [-0.05, 0) is 44.5 Å². The van der Waals surface area contributed by atoms with Gasteiger partial charge in [-0.25, -0.2) is 13.1 Å². The monoisotopic (exact) mass is 298 g/mol. The van der Waals surface area contributed by atoms with Gasteiger partial charge in [0.15, 0.2) is 0 Å². The lowest BCUT2D eigenvalue weighted by atomic mass is 10.1. The van der Waals surface area contributed by atoms with Crippen molar-refractivity contribution in [2.45, 2.75) is 30.2 Å². The first-order chi connectivity index (χ1) is 9.62. The van der Waals surface area contributed by atoms with Crippen LogP contribution in [0.5, 0.6) is 0 Å². The number of piperidine rings is 1. The molecular formula is C14H22N2O3S. The maximum atomic E-state index is 12.2. The molecule has 2 rings (SSSR count). The van der Waals surface area contributed by atoms with Crippen LogP contribution in [0.3, 0.4) is 0 Å². The van der Waals surface area contributed by atoms with Crippen molar-refractivity contribution in [1.29, 1.82) is 0 Å². The molecule has 6 heteroatoms. The summed E-state index contributed by atoms with van der Waals surface area (Å²) in [5.74, 6) is 0. The van der Waals surface area contributed by atoms with Gasteiger partial charge < -0.3 is 10.0 Å². The van der Waals surface area contributed by atoms with Crippen LogP contribution in [0.1, 0.15) is 19.3 Å². The van der Waals surface area contributed by atoms with Gasteiger partial charge in [0.1, 0.15) is 0 Å². The molecule has 0 amide bonds. The molecule has 0 spiro atoms. The standard InChI is InChI=1S/C14H22N2O3S/c17-12-4-9-16-10-7-13(8-11-16)15-20(18,19)14-5-2-1-3-6-14/h1-3,5-6,13,15,17H,4,7-12H2. The molecule has 0 aromatic heterocycles. The van der Waals surface area contributed by atoms with Crippen LogP contribution >= 0.6 is 0 Å². The van der Waals surface area contributed by atoms with Crippen LogP contribution in [0.25, 0.3) is 0 Å². The highest BCUT2D eigenvalue weighted by Crippen LogP contribution is 2.14. The number of likely N-dealkylation sites (tertiary alicyclic amines) is 1. The highest BCUT2D eigenvalue weighted by Gasteiger charge is 2.24. The van der Waals surface area contributed by atoms with Gasteiger partial charge >= 0.3 is 0 Å². The van der Waals surface area contributed by atoms with E-state index in [0.29, 0.717) is 4.90 Å². The maximum Gasteiger partial charge on any atom is 0.240 e. The number of benzene rings is 1. The Morgan fingerprint density at radius 1 is 1.20 bits per heavy atom. The zero-order valence-electron chi connectivity index (χ0n) is 11.5. The molecule has 1 aliphatic heterocycles. The Kier molecular flexibility index (Phi) is 5.54. The van der Waals surface area contributed by atoms with Crippen LogP contribution in [0, 0.1) is 0 Å². The molecule has 0 saturated carbocycles. The second-order valence-corrected chi connectivity index (χ2v) is 6.84. The summed E-state index contributed by atoms with van der Waals surface area (Å²) in [7, 11) is -3.40. The van der Waals surface area contributed by atoms with E-state index in [1.807, 2.05) is 0 Å². The predicted molar refractivity (Wildman–Crippen MR) is 77.9 cm³/mol. The average Bonchev–Trinajstić information content (AvgIpc) is 2.47. The van der Waals surface area contributed by atoms with E-state index in [9.17, 15) is 8.42 Å². The quantitative estimate of drug-likeness (QED) is 0.815. The van der Waals surface area contributed by atoms with E-state index in [1.54, 1.807) is 30.3 Å². The van der Waals surface area contributed by atoms with Gasteiger partial charge in [-0.15, -0.1) is 0 Å². The maximum absolute atomic E-state index is 12.2. The molecule has 1 saturated heterocycles. The lowest BCUT2D eigenvalue weighted by molar-refractivity contribution is 0.184. The van der Waals surface area contributed by atoms with Crippen LogP contribution in [0.15, 0.2) is 35.2 Å². The van der Waals surface area contributed by atoms with E-state index in [1.165, 1.54) is 0 Å². The largest absolute Gasteiger partial charge is 0.396 e. The molecule has 0 aliphatic carbocycles. The first-order valence-corrected chi connectivity index (χ1v) is 8.51. The predicted octanol–water partition coefficient (Wildman–Crippen LogP) is 0.812. The fourth-order valence-electron chi connectivity index (χ4n) is 2.46. The molecule has 0 atom stereocenters. The molecule has 0 unspecified atom stereocenters. The number of hydrogen-bond acceptors (Lipinski definition) is 4. The van der Waals surface area contributed by atoms with Crippen molar-refractivity contribution >= 4 is 10.0 Å². The lowest BCUT2D eigenvalue weighted by Gasteiger charge is -2.32. The molecule has 1 aromatic rings. The van der Waals surface area contributed by atoms with E-state index >= 15 is 0 Å². The topological polar surface area (TPSA) is 69.6 Å². The third-order valence-corrected chi connectivity index (χ3v) is 5.13. The van der Waals surface area contributed by atoms with Crippen molar-refractivity contribution in [3.05, 3.63) is 30.3 Å². The average molecular weight is 298 g/mol. The van der Waals surface area contributed by atoms with Crippen molar-refractivity contribution in [1.82, 2.24) is 9.62 Å². The zero-order valence-corrected chi connectivity index (χ0v) is 12.3. The van der Waals surface area contributed by atoms with Crippen molar-refractivity contribution in [3.8, 4) is 0 Å². The third kappa shape index (κ3) is 4.28. The van der Waals surface area contributed by atoms with Gasteiger partial charge in [-0.1, -0.05) is 18.2 Å². The number of hydrogen-bond donors (Lipinski definition) is 2. The zero-order chi connectivity index (χ0) is 14.4. The minimum absolute atomic E-state index is 0.00517. The Morgan fingerprint density at radius 2 is 1.85 bits per heavy atom. The summed E-state index contributed by atoms with van der Waals surface area (Å²) in [6, 6.07) is 8.49. The van der Waals surface area contributed by atoms with Gasteiger partial charge in [-0.3, -0.25) is 0 Å². The summed E-state index contributed by atoms with van der Waals surface area (Å²) in [5, 5.41) is 8.81. The Hall–Kier alpha value is -0.950. The Labute approximate surface area is 120 Å². The molecule has 5 nitrogen and oxygen atoms in total. The minimum atomic E-state index is -3.40. The van der Waals surface area contributed by atoms with Crippen molar-refractivity contribution in [2.24, 2.45) is 0 Å². The molecule has 112 valence electrons. The molecule has 2 N–H and O–H groups in total. The summed E-state index contributed by atoms with van der Waals surface area (Å²) >= 11 is 0. The van der Waals surface area contributed by atoms with Crippen molar-refractivity contribution < 1.29 is 13.5 Å². The van der Waals surface area contributed by atoms with Crippen LogP contribution in [-0.4, -0.2) is 50.7 Å². The first-order valence-electron chi connectivity index (χ1n) is 7.02. The fourth-order valence-corrected chi connectivity index (χ4v) is 3.78. The SMILES string of the molecule is O=S(=O)(NC1CCN(CCCO)CC1)c1ccccc1. The molecular weight excluding hydrogens is 276 g/mol. The van der Waals surface area contributed by atoms with Crippen LogP contribution < -0.4 is 4.72 Å². The van der Waals surface area contributed by atoms with Gasteiger partial charge in [0.25, 0.3) is 0 Å². The molecule has 20 heavy (non-hydrogen) atoms. The first kappa shape index (κ1) is 15.4. The van der Waals surface area contributed by atoms with Crippen LogP contribution in [0.4, 0.5) is 0 Å². The summed E-state index contributed by atoms with van der Waals surface area (Å²) in [6.07, 6.45) is 2.41. The number of nitrogens with zero attached hydrogens (tertiary/aromatic N) is 1. The highest BCUT2D eigenvalue weighted by molar-refractivity contribution is 7.89. The minimum Gasteiger partial charge on any atom is -0.396 e. The fraction of sp³-hybridized carbons (Fsp3) is 0.571. The molecule has 0 bridgehead atoms. The Bertz CT molecular complexity index is 496. The van der Waals surface area contributed by atoms with Gasteiger partial charge in [0.05, 0.1) is 4.90 Å². The van der Waals surface area contributed by atoms with Crippen molar-refractivity contribution in [3.63, 3.8) is 0 Å². The number of sulfonamides is 1. The van der Waals surface area contributed by atoms with E-state index in [2.05, 4.69) is 9.62 Å². The third-order valence-electron chi connectivity index (χ3n) is 3.60. The Morgan fingerprint density at radius 3 is 2.45 bits per heavy atom. The molecule has 1 heterocycles. The summed E-state index contributed by atoms with van der Waals surface area (Å²) in [4.78, 5) is 2.59. The molecule has 1 fully saturated rings. The summed E-state index contributed by atoms with van der Waals surface area (Å²) in [6.45, 7) is 2.85. The Balaban J connectivity index is 1.86. The van der Waals surface area contributed by atoms with Gasteiger partial charge in [0.2, 0.25) is 10.0 Å². The van der Waals surface area contributed by atoms with Crippen molar-refractivity contribution in [2.75, 3.05) is 26.2 Å². The molecule has 0 radical (unpaired) electrons. The van der Waals surface area contributed by atoms with E-state index in [-0.39, 0.29) is 12.6 Å². The van der Waals surface area contributed by atoms with Crippen LogP contribution in [0.2, 0.25) is 0 Å². The second-order valence-electron chi connectivity index (χ2n) is 5.13. The van der Waals surface area contributed by atoms with E-state index in [4.69, 9.17) is 5.11 Å². The molecule has 1 aromatic carbocycles. The lowest BCUT2D eigenvalue weighted by Crippen LogP contribution is -2.44. The van der Waals surface area contributed by atoms with Crippen LogP contribution in [-0.2, 0) is 10.0 Å². The molecule has 1 aliphatic rings. The number of rotatable bonds is 6. The normalized spacial score (nSPS) is 18.2. The summed E-state index contributed by atoms with van der Waals surface area (Å²) < 4.78 is 27.2. The summed E-state index contributed by atoms with van der Waals surface area (Å²) in [5.41, 5.74) is 0. The number of aliphatic hydroxyl groups is 1. The van der Waals surface area contributed by atoms with Gasteiger partial charge in [-0.2, -0.15) is 0 Å². The second kappa shape index (κ2) is 7.17. The number of nitrogens with one attached hydrogen (secondary N) is 1. The number of aliphatic hydroxyl groups excluding tert-OH is 1. The smallest absolute Gasteiger partial charge is 0.240 e. The highest BCUT2D eigenvalue weighted by atomic mass is 32.2.